The van der Waals surface area contributed by atoms with Gasteiger partial charge in [0.1, 0.15) is 10.5 Å². The predicted molar refractivity (Wildman–Crippen MR) is 148 cm³/mol. The van der Waals surface area contributed by atoms with Gasteiger partial charge in [-0.1, -0.05) is 42.5 Å². The van der Waals surface area contributed by atoms with Gasteiger partial charge in [0, 0.05) is 44.5 Å². The van der Waals surface area contributed by atoms with Gasteiger partial charge in [-0.2, -0.15) is 27.7 Å². The van der Waals surface area contributed by atoms with E-state index in [2.05, 4.69) is 15.2 Å². The molecular weight excluding hydrogens is 571 g/mol. The van der Waals surface area contributed by atoms with Crippen molar-refractivity contribution in [3.8, 4) is 11.3 Å². The molecule has 0 spiro atoms. The SMILES string of the molecule is CCn1cc(S(=O)(=O)N2CCN(C(=O)c3cnn4c(C(F)(F)F)cc(-c5cccc6ccccc56)nc34)CC2)c(C)n1. The van der Waals surface area contributed by atoms with E-state index >= 15 is 0 Å². The van der Waals surface area contributed by atoms with E-state index in [0.29, 0.717) is 22.3 Å². The second-order valence-electron chi connectivity index (χ2n) is 9.98. The Morgan fingerprint density at radius 3 is 2.43 bits per heavy atom. The molecule has 0 saturated carbocycles. The fourth-order valence-corrected chi connectivity index (χ4v) is 6.85. The molecule has 1 amide bonds. The number of carbonyl (C=O) groups is 1. The van der Waals surface area contributed by atoms with Crippen LogP contribution >= 0.6 is 0 Å². The number of carbonyl (C=O) groups excluding carboxylic acids is 1. The summed E-state index contributed by atoms with van der Waals surface area (Å²) in [6, 6.07) is 13.5. The van der Waals surface area contributed by atoms with Gasteiger partial charge >= 0.3 is 6.18 Å². The summed E-state index contributed by atoms with van der Waals surface area (Å²) < 4.78 is 72.5. The van der Waals surface area contributed by atoms with Gasteiger partial charge in [0.25, 0.3) is 5.91 Å². The van der Waals surface area contributed by atoms with Crippen LogP contribution in [0.2, 0.25) is 0 Å². The van der Waals surface area contributed by atoms with Crippen molar-refractivity contribution in [3.63, 3.8) is 0 Å². The molecule has 42 heavy (non-hydrogen) atoms. The van der Waals surface area contributed by atoms with E-state index in [0.717, 1.165) is 23.0 Å². The van der Waals surface area contributed by atoms with Gasteiger partial charge in [-0.3, -0.25) is 9.48 Å². The molecule has 0 atom stereocenters. The number of amides is 1. The summed E-state index contributed by atoms with van der Waals surface area (Å²) in [4.78, 5) is 19.6. The number of aryl methyl sites for hydroxylation is 2. The van der Waals surface area contributed by atoms with Crippen molar-refractivity contribution in [3.05, 3.63) is 77.9 Å². The zero-order valence-electron chi connectivity index (χ0n) is 22.7. The summed E-state index contributed by atoms with van der Waals surface area (Å²) in [6.07, 6.45) is -2.20. The highest BCUT2D eigenvalue weighted by Gasteiger charge is 2.37. The van der Waals surface area contributed by atoms with Crippen LogP contribution in [-0.4, -0.2) is 74.1 Å². The highest BCUT2D eigenvalue weighted by atomic mass is 32.2. The number of nitrogens with zero attached hydrogens (tertiary/aromatic N) is 7. The van der Waals surface area contributed by atoms with Crippen molar-refractivity contribution in [2.24, 2.45) is 0 Å². The van der Waals surface area contributed by atoms with Gasteiger partial charge in [-0.05, 0) is 30.7 Å². The molecular formula is C28H26F3N7O3S. The molecule has 0 unspecified atom stereocenters. The first-order chi connectivity index (χ1) is 20.0. The van der Waals surface area contributed by atoms with Crippen LogP contribution in [0.3, 0.4) is 0 Å². The Bertz CT molecular complexity index is 1940. The molecule has 0 bridgehead atoms. The smallest absolute Gasteiger partial charge is 0.336 e. The van der Waals surface area contributed by atoms with Crippen LogP contribution in [0.25, 0.3) is 27.7 Å². The molecule has 0 radical (unpaired) electrons. The Kier molecular flexibility index (Phi) is 6.77. The second-order valence-corrected chi connectivity index (χ2v) is 11.9. The number of rotatable bonds is 5. The summed E-state index contributed by atoms with van der Waals surface area (Å²) in [7, 11) is -3.84. The zero-order valence-corrected chi connectivity index (χ0v) is 23.5. The molecule has 1 saturated heterocycles. The fraction of sp³-hybridized carbons (Fsp3) is 0.286. The van der Waals surface area contributed by atoms with Gasteiger partial charge in [0.15, 0.2) is 11.3 Å². The zero-order chi connectivity index (χ0) is 29.8. The first kappa shape index (κ1) is 27.8. The quantitative estimate of drug-likeness (QED) is 0.300. The molecule has 2 aromatic carbocycles. The van der Waals surface area contributed by atoms with Crippen LogP contribution in [0.1, 0.15) is 28.7 Å². The third-order valence-corrected chi connectivity index (χ3v) is 9.43. The Morgan fingerprint density at radius 1 is 1.02 bits per heavy atom. The maximum atomic E-state index is 14.2. The number of fused-ring (bicyclic) bond motifs is 2. The minimum Gasteiger partial charge on any atom is -0.336 e. The summed E-state index contributed by atoms with van der Waals surface area (Å²) >= 11 is 0. The number of halogens is 3. The summed E-state index contributed by atoms with van der Waals surface area (Å²) in [5.41, 5.74) is -0.459. The highest BCUT2D eigenvalue weighted by Crippen LogP contribution is 2.35. The van der Waals surface area contributed by atoms with Gasteiger partial charge in [-0.15, -0.1) is 0 Å². The lowest BCUT2D eigenvalue weighted by molar-refractivity contribution is -0.142. The van der Waals surface area contributed by atoms with Crippen LogP contribution in [0.15, 0.2) is 65.8 Å². The number of benzene rings is 2. The first-order valence-corrected chi connectivity index (χ1v) is 14.7. The number of hydrogen-bond acceptors (Lipinski definition) is 6. The van der Waals surface area contributed by atoms with Crippen LogP contribution in [0.5, 0.6) is 0 Å². The van der Waals surface area contributed by atoms with E-state index in [1.165, 1.54) is 15.4 Å². The molecule has 218 valence electrons. The Hall–Kier alpha value is -4.30. The first-order valence-electron chi connectivity index (χ1n) is 13.3. The maximum absolute atomic E-state index is 14.2. The van der Waals surface area contributed by atoms with Crippen molar-refractivity contribution < 1.29 is 26.4 Å². The Labute approximate surface area is 239 Å². The minimum atomic E-state index is -4.77. The largest absolute Gasteiger partial charge is 0.433 e. The highest BCUT2D eigenvalue weighted by molar-refractivity contribution is 7.89. The van der Waals surface area contributed by atoms with Crippen LogP contribution < -0.4 is 0 Å². The lowest BCUT2D eigenvalue weighted by Gasteiger charge is -2.33. The normalized spacial score (nSPS) is 15.1. The predicted octanol–water partition coefficient (Wildman–Crippen LogP) is 4.24. The Morgan fingerprint density at radius 2 is 1.74 bits per heavy atom. The fourth-order valence-electron chi connectivity index (χ4n) is 5.26. The molecule has 0 aliphatic carbocycles. The van der Waals surface area contributed by atoms with E-state index in [1.54, 1.807) is 35.9 Å². The maximum Gasteiger partial charge on any atom is 0.433 e. The molecule has 4 heterocycles. The Balaban J connectivity index is 1.33. The molecule has 10 nitrogen and oxygen atoms in total. The monoisotopic (exact) mass is 597 g/mol. The summed E-state index contributed by atoms with van der Waals surface area (Å²) in [6.45, 7) is 4.13. The second kappa shape index (κ2) is 10.2. The number of aromatic nitrogens is 5. The van der Waals surface area contributed by atoms with Crippen LogP contribution in [0.4, 0.5) is 13.2 Å². The van der Waals surface area contributed by atoms with E-state index in [4.69, 9.17) is 0 Å². The van der Waals surface area contributed by atoms with Crippen molar-refractivity contribution in [1.29, 1.82) is 0 Å². The third-order valence-electron chi connectivity index (χ3n) is 7.43. The van der Waals surface area contributed by atoms with Crippen molar-refractivity contribution >= 4 is 32.4 Å². The number of sulfonamides is 1. The van der Waals surface area contributed by atoms with E-state index in [-0.39, 0.29) is 48.0 Å². The van der Waals surface area contributed by atoms with E-state index < -0.39 is 27.8 Å². The number of hydrogen-bond donors (Lipinski definition) is 0. The van der Waals surface area contributed by atoms with Crippen molar-refractivity contribution in [2.75, 3.05) is 26.2 Å². The molecule has 5 aromatic rings. The average molecular weight is 598 g/mol. The topological polar surface area (TPSA) is 106 Å². The summed E-state index contributed by atoms with van der Waals surface area (Å²) in [5.74, 6) is -0.576. The lowest BCUT2D eigenvalue weighted by atomic mass is 10.0. The van der Waals surface area contributed by atoms with Gasteiger partial charge in [0.2, 0.25) is 10.0 Å². The molecule has 6 rings (SSSR count). The molecule has 0 N–H and O–H groups in total. The van der Waals surface area contributed by atoms with Crippen molar-refractivity contribution in [2.45, 2.75) is 31.5 Å². The van der Waals surface area contributed by atoms with Crippen LogP contribution in [-0.2, 0) is 22.7 Å². The van der Waals surface area contributed by atoms with Gasteiger partial charge in [0.05, 0.1) is 17.6 Å². The number of alkyl halides is 3. The molecule has 1 fully saturated rings. The molecule has 3 aromatic heterocycles. The van der Waals surface area contributed by atoms with Gasteiger partial charge < -0.3 is 4.90 Å². The van der Waals surface area contributed by atoms with Crippen molar-refractivity contribution in [1.82, 2.24) is 33.6 Å². The number of piperazine rings is 1. The average Bonchev–Trinajstić information content (AvgIpc) is 3.59. The molecule has 1 aliphatic rings. The van der Waals surface area contributed by atoms with Crippen LogP contribution in [0, 0.1) is 6.92 Å². The molecule has 14 heteroatoms. The standard InChI is InChI=1S/C28H26F3N7O3S/c1-3-36-17-24(18(2)34-36)42(40,41)37-13-11-35(12-14-37)27(39)22-16-32-38-25(28(29,30)31)15-23(33-26(22)38)21-10-6-8-19-7-4-5-9-20(19)21/h4-10,15-17H,3,11-14H2,1-2H3. The van der Waals surface area contributed by atoms with E-state index in [1.807, 2.05) is 25.1 Å². The third kappa shape index (κ3) is 4.69. The summed E-state index contributed by atoms with van der Waals surface area (Å²) in [5, 5.41) is 9.65. The lowest BCUT2D eigenvalue weighted by Crippen LogP contribution is -2.50. The molecule has 1 aliphatic heterocycles. The minimum absolute atomic E-state index is 0.0204. The van der Waals surface area contributed by atoms with E-state index in [9.17, 15) is 26.4 Å². The van der Waals surface area contributed by atoms with Gasteiger partial charge in [-0.25, -0.2) is 17.9 Å².